The van der Waals surface area contributed by atoms with Crippen molar-refractivity contribution in [3.8, 4) is 0 Å². The van der Waals surface area contributed by atoms with E-state index in [1.165, 1.54) is 4.90 Å². The molecule has 2 aromatic rings. The fraction of sp³-hybridized carbons (Fsp3) is 0.526. The van der Waals surface area contributed by atoms with Crippen molar-refractivity contribution in [3.63, 3.8) is 0 Å². The van der Waals surface area contributed by atoms with Crippen LogP contribution in [-0.4, -0.2) is 40.7 Å². The smallest absolute Gasteiger partial charge is 0.235 e. The second-order valence-electron chi connectivity index (χ2n) is 7.38. The van der Waals surface area contributed by atoms with Crippen LogP contribution in [0.1, 0.15) is 32.6 Å². The third-order valence-corrected chi connectivity index (χ3v) is 5.46. The first kappa shape index (κ1) is 19.6. The Bertz CT molecular complexity index is 849. The lowest BCUT2D eigenvalue weighted by Gasteiger charge is -2.31. The maximum Gasteiger partial charge on any atom is 0.235 e. The molecule has 8 heteroatoms. The van der Waals surface area contributed by atoms with E-state index in [1.807, 2.05) is 19.2 Å². The molecule has 1 aromatic heterocycles. The number of carbonyl (C=O) groups is 2. The van der Waals surface area contributed by atoms with E-state index in [0.717, 1.165) is 36.1 Å². The van der Waals surface area contributed by atoms with E-state index < -0.39 is 0 Å². The fourth-order valence-corrected chi connectivity index (χ4v) is 3.93. The van der Waals surface area contributed by atoms with Gasteiger partial charge in [-0.15, -0.1) is 12.4 Å². The molecule has 27 heavy (non-hydrogen) atoms. The number of carbonyl (C=O) groups excluding carboxylic acids is 2. The summed E-state index contributed by atoms with van der Waals surface area (Å²) in [4.78, 5) is 25.8. The third-order valence-electron chi connectivity index (χ3n) is 5.46. The predicted octanol–water partition coefficient (Wildman–Crippen LogP) is 2.45. The zero-order valence-electron chi connectivity index (χ0n) is 15.7. The van der Waals surface area contributed by atoms with Crippen LogP contribution in [0, 0.1) is 5.92 Å². The van der Waals surface area contributed by atoms with Crippen LogP contribution in [-0.2, 0) is 16.6 Å². The number of anilines is 2. The molecule has 2 saturated heterocycles. The Kier molecular flexibility index (Phi) is 5.72. The minimum absolute atomic E-state index is 0. The number of aryl methyl sites for hydroxylation is 1. The molecule has 0 aliphatic carbocycles. The van der Waals surface area contributed by atoms with E-state index in [4.69, 9.17) is 0 Å². The number of imide groups is 1. The van der Waals surface area contributed by atoms with Gasteiger partial charge in [-0.2, -0.15) is 5.10 Å². The Morgan fingerprint density at radius 3 is 2.67 bits per heavy atom. The average Bonchev–Trinajstić information content (AvgIpc) is 2.93. The van der Waals surface area contributed by atoms with Crippen molar-refractivity contribution in [1.29, 1.82) is 0 Å². The number of piperidine rings is 2. The number of hydrogen-bond acceptors (Lipinski definition) is 5. The first-order chi connectivity index (χ1) is 12.5. The van der Waals surface area contributed by atoms with Gasteiger partial charge in [0.25, 0.3) is 0 Å². The largest absolute Gasteiger partial charge is 0.382 e. The molecule has 2 N–H and O–H groups in total. The monoisotopic (exact) mass is 391 g/mol. The van der Waals surface area contributed by atoms with Crippen LogP contribution in [0.3, 0.4) is 0 Å². The fourth-order valence-electron chi connectivity index (χ4n) is 3.93. The highest BCUT2D eigenvalue weighted by molar-refractivity contribution is 6.19. The molecule has 0 bridgehead atoms. The van der Waals surface area contributed by atoms with Crippen molar-refractivity contribution < 1.29 is 9.59 Å². The lowest BCUT2D eigenvalue weighted by Crippen LogP contribution is -2.42. The van der Waals surface area contributed by atoms with Crippen molar-refractivity contribution in [3.05, 3.63) is 18.2 Å². The van der Waals surface area contributed by atoms with Crippen molar-refractivity contribution in [2.75, 3.05) is 23.3 Å². The first-order valence-electron chi connectivity index (χ1n) is 9.34. The maximum atomic E-state index is 12.3. The first-order valence-corrected chi connectivity index (χ1v) is 9.34. The summed E-state index contributed by atoms with van der Waals surface area (Å²) in [7, 11) is 1.85. The van der Waals surface area contributed by atoms with Gasteiger partial charge < -0.3 is 10.6 Å². The van der Waals surface area contributed by atoms with Crippen molar-refractivity contribution >= 4 is 46.6 Å². The minimum atomic E-state index is -0.160. The van der Waals surface area contributed by atoms with E-state index in [0.29, 0.717) is 37.0 Å². The van der Waals surface area contributed by atoms with Crippen LogP contribution in [0.25, 0.3) is 10.9 Å². The second-order valence-corrected chi connectivity index (χ2v) is 7.38. The van der Waals surface area contributed by atoms with Gasteiger partial charge in [-0.25, -0.2) is 4.90 Å². The van der Waals surface area contributed by atoms with Crippen LogP contribution in [0.5, 0.6) is 0 Å². The van der Waals surface area contributed by atoms with Gasteiger partial charge in [0.2, 0.25) is 11.8 Å². The number of amides is 2. The molecule has 0 unspecified atom stereocenters. The number of hydrogen-bond donors (Lipinski definition) is 2. The zero-order chi connectivity index (χ0) is 18.3. The Balaban J connectivity index is 0.00000210. The predicted molar refractivity (Wildman–Crippen MR) is 108 cm³/mol. The molecule has 2 aliphatic rings. The molecule has 1 aromatic carbocycles. The number of fused-ring (bicyclic) bond motifs is 1. The molecule has 2 amide bonds. The third kappa shape index (κ3) is 3.66. The van der Waals surface area contributed by atoms with Gasteiger partial charge in [-0.1, -0.05) is 6.92 Å². The summed E-state index contributed by atoms with van der Waals surface area (Å²) in [5, 5.41) is 12.4. The zero-order valence-corrected chi connectivity index (χ0v) is 16.5. The van der Waals surface area contributed by atoms with Gasteiger partial charge in [-0.3, -0.25) is 14.3 Å². The average molecular weight is 392 g/mol. The summed E-state index contributed by atoms with van der Waals surface area (Å²) in [6.45, 7) is 4.30. The Morgan fingerprint density at radius 2 is 1.96 bits per heavy atom. The molecule has 0 saturated carbocycles. The van der Waals surface area contributed by atoms with E-state index >= 15 is 0 Å². The lowest BCUT2D eigenvalue weighted by molar-refractivity contribution is -0.129. The van der Waals surface area contributed by atoms with Crippen LogP contribution < -0.4 is 15.5 Å². The highest BCUT2D eigenvalue weighted by Gasteiger charge is 2.31. The van der Waals surface area contributed by atoms with Crippen LogP contribution in [0.15, 0.2) is 18.2 Å². The summed E-state index contributed by atoms with van der Waals surface area (Å²) in [5.74, 6) is 0.697. The molecule has 0 spiro atoms. The Morgan fingerprint density at radius 1 is 1.22 bits per heavy atom. The number of halogens is 1. The van der Waals surface area contributed by atoms with E-state index in [9.17, 15) is 9.59 Å². The topological polar surface area (TPSA) is 79.3 Å². The van der Waals surface area contributed by atoms with Gasteiger partial charge in [-0.05, 0) is 50.0 Å². The van der Waals surface area contributed by atoms with Gasteiger partial charge in [0, 0.05) is 37.0 Å². The number of benzene rings is 1. The molecule has 3 heterocycles. The molecule has 7 nitrogen and oxygen atoms in total. The Labute approximate surface area is 164 Å². The number of nitrogens with one attached hydrogen (secondary N) is 2. The molecule has 146 valence electrons. The number of aromatic nitrogens is 2. The van der Waals surface area contributed by atoms with Gasteiger partial charge in [0.1, 0.15) is 0 Å². The summed E-state index contributed by atoms with van der Waals surface area (Å²) in [5.41, 5.74) is 1.96. The van der Waals surface area contributed by atoms with Gasteiger partial charge >= 0.3 is 0 Å². The highest BCUT2D eigenvalue weighted by Crippen LogP contribution is 2.31. The number of rotatable bonds is 3. The summed E-state index contributed by atoms with van der Waals surface area (Å²) < 4.78 is 1.75. The molecule has 0 radical (unpaired) electrons. The minimum Gasteiger partial charge on any atom is -0.382 e. The lowest BCUT2D eigenvalue weighted by atomic mass is 9.95. The van der Waals surface area contributed by atoms with Crippen molar-refractivity contribution in [1.82, 2.24) is 15.1 Å². The van der Waals surface area contributed by atoms with Crippen LogP contribution in [0.4, 0.5) is 11.5 Å². The van der Waals surface area contributed by atoms with E-state index in [2.05, 4.69) is 28.7 Å². The van der Waals surface area contributed by atoms with E-state index in [1.54, 1.807) is 4.68 Å². The number of nitrogens with zero attached hydrogens (tertiary/aromatic N) is 3. The van der Waals surface area contributed by atoms with Gasteiger partial charge in [0.15, 0.2) is 5.82 Å². The summed E-state index contributed by atoms with van der Waals surface area (Å²) >= 11 is 0. The summed E-state index contributed by atoms with van der Waals surface area (Å²) in [6.07, 6.45) is 2.52. The molecule has 4 rings (SSSR count). The maximum absolute atomic E-state index is 12.3. The molecule has 2 fully saturated rings. The molecule has 2 atom stereocenters. The molecular weight excluding hydrogens is 366 g/mol. The summed E-state index contributed by atoms with van der Waals surface area (Å²) in [6, 6.07) is 6.47. The van der Waals surface area contributed by atoms with Crippen LogP contribution in [0.2, 0.25) is 0 Å². The Hall–Kier alpha value is -2.12. The SMILES string of the molecule is C[C@@H]1CNCC[C@@H]1Nc1ccc2c(N3C(=O)CCCC3=O)nn(C)c2c1.Cl. The normalized spacial score (nSPS) is 23.4. The van der Waals surface area contributed by atoms with Gasteiger partial charge in [0.05, 0.1) is 5.52 Å². The van der Waals surface area contributed by atoms with Crippen molar-refractivity contribution in [2.45, 2.75) is 38.6 Å². The second kappa shape index (κ2) is 7.86. The highest BCUT2D eigenvalue weighted by atomic mass is 35.5. The standard InChI is InChI=1S/C19H25N5O2.ClH/c1-12-11-20-9-8-15(12)21-13-6-7-14-16(10-13)23(2)22-19(14)24-17(25)4-3-5-18(24)26;/h6-7,10,12,15,20-21H,3-5,8-9,11H2,1-2H3;1H/t12-,15+;/m1./s1. The van der Waals surface area contributed by atoms with E-state index in [-0.39, 0.29) is 24.2 Å². The van der Waals surface area contributed by atoms with Crippen LogP contribution >= 0.6 is 12.4 Å². The molecule has 2 aliphatic heterocycles. The van der Waals surface area contributed by atoms with Crippen molar-refractivity contribution in [2.24, 2.45) is 13.0 Å². The quantitative estimate of drug-likeness (QED) is 0.785. The molecular formula is C19H26ClN5O2.